The molecule has 0 saturated heterocycles. The Hall–Kier alpha value is -2.89. The molecule has 0 aromatic carbocycles. The van der Waals surface area contributed by atoms with E-state index < -0.39 is 6.10 Å². The second-order valence-corrected chi connectivity index (χ2v) is 23.4. The molecule has 0 aliphatic heterocycles. The van der Waals surface area contributed by atoms with Gasteiger partial charge in [0, 0.05) is 19.3 Å². The van der Waals surface area contributed by atoms with E-state index in [9.17, 15) is 14.4 Å². The summed E-state index contributed by atoms with van der Waals surface area (Å²) < 4.78 is 16.9. The van der Waals surface area contributed by atoms with E-state index in [1.807, 2.05) is 0 Å². The summed E-state index contributed by atoms with van der Waals surface area (Å²) in [6.07, 6.45) is 87.0. The number of hydrogen-bond acceptors (Lipinski definition) is 6. The van der Waals surface area contributed by atoms with Crippen molar-refractivity contribution in [2.24, 2.45) is 0 Å². The van der Waals surface area contributed by atoms with E-state index in [4.69, 9.17) is 14.2 Å². The molecule has 0 aliphatic rings. The van der Waals surface area contributed by atoms with Crippen LogP contribution in [0.4, 0.5) is 0 Å². The maximum absolute atomic E-state index is 12.9. The van der Waals surface area contributed by atoms with Crippen molar-refractivity contribution in [2.75, 3.05) is 13.2 Å². The van der Waals surface area contributed by atoms with Crippen molar-refractivity contribution in [1.82, 2.24) is 0 Å². The predicted molar refractivity (Wildman–Crippen MR) is 344 cm³/mol. The molecule has 0 amide bonds. The number of carbonyl (C=O) groups excluding carboxylic acids is 3. The van der Waals surface area contributed by atoms with Gasteiger partial charge < -0.3 is 14.2 Å². The first-order valence-electron chi connectivity index (χ1n) is 34.8. The van der Waals surface area contributed by atoms with Crippen LogP contribution in [0.5, 0.6) is 0 Å². The molecule has 0 aliphatic carbocycles. The molecule has 6 nitrogen and oxygen atoms in total. The number of rotatable bonds is 64. The number of allylic oxidation sites excluding steroid dienone is 10. The molecule has 0 spiro atoms. The van der Waals surface area contributed by atoms with Crippen molar-refractivity contribution in [1.29, 1.82) is 0 Å². The van der Waals surface area contributed by atoms with Crippen molar-refractivity contribution in [3.05, 3.63) is 60.8 Å². The monoisotopic (exact) mass is 1110 g/mol. The van der Waals surface area contributed by atoms with Gasteiger partial charge >= 0.3 is 17.9 Å². The van der Waals surface area contributed by atoms with Crippen molar-refractivity contribution < 1.29 is 28.6 Å². The average molecular weight is 1110 g/mol. The van der Waals surface area contributed by atoms with Crippen molar-refractivity contribution in [3.8, 4) is 0 Å². The van der Waals surface area contributed by atoms with E-state index >= 15 is 0 Å². The fraction of sp³-hybridized carbons (Fsp3) is 0.822. The van der Waals surface area contributed by atoms with E-state index in [1.165, 1.54) is 238 Å². The predicted octanol–water partition coefficient (Wildman–Crippen LogP) is 23.9. The molecule has 0 aromatic rings. The summed E-state index contributed by atoms with van der Waals surface area (Å²) in [5, 5.41) is 0. The third kappa shape index (κ3) is 65.8. The molecule has 0 N–H and O–H groups in total. The van der Waals surface area contributed by atoms with Crippen LogP contribution in [-0.4, -0.2) is 37.2 Å². The third-order valence-electron chi connectivity index (χ3n) is 15.5. The lowest BCUT2D eigenvalue weighted by molar-refractivity contribution is -0.167. The van der Waals surface area contributed by atoms with Crippen molar-refractivity contribution >= 4 is 17.9 Å². The van der Waals surface area contributed by atoms with Crippen LogP contribution in [0.3, 0.4) is 0 Å². The van der Waals surface area contributed by atoms with Crippen LogP contribution in [0.15, 0.2) is 60.8 Å². The first-order valence-corrected chi connectivity index (χ1v) is 34.8. The summed E-state index contributed by atoms with van der Waals surface area (Å²) in [4.78, 5) is 38.3. The quantitative estimate of drug-likeness (QED) is 0.0261. The van der Waals surface area contributed by atoms with Gasteiger partial charge in [-0.3, -0.25) is 14.4 Å². The Morgan fingerprint density at radius 2 is 0.494 bits per heavy atom. The minimum Gasteiger partial charge on any atom is -0.462 e. The number of ether oxygens (including phenoxy) is 3. The van der Waals surface area contributed by atoms with Crippen LogP contribution in [0, 0.1) is 0 Å². The maximum Gasteiger partial charge on any atom is 0.306 e. The molecule has 460 valence electrons. The van der Waals surface area contributed by atoms with Crippen molar-refractivity contribution in [2.45, 2.75) is 374 Å². The number of unbranched alkanes of at least 4 members (excludes halogenated alkanes) is 43. The summed E-state index contributed by atoms with van der Waals surface area (Å²) in [5.41, 5.74) is 0. The Kier molecular flexibility index (Phi) is 65.1. The minimum atomic E-state index is -0.776. The summed E-state index contributed by atoms with van der Waals surface area (Å²) in [6, 6.07) is 0. The fourth-order valence-corrected chi connectivity index (χ4v) is 10.3. The number of carbonyl (C=O) groups is 3. The van der Waals surface area contributed by atoms with Gasteiger partial charge in [0.1, 0.15) is 13.2 Å². The highest BCUT2D eigenvalue weighted by atomic mass is 16.6. The molecule has 1 atom stereocenters. The van der Waals surface area contributed by atoms with Gasteiger partial charge in [0.05, 0.1) is 0 Å². The maximum atomic E-state index is 12.9. The lowest BCUT2D eigenvalue weighted by Crippen LogP contribution is -2.30. The van der Waals surface area contributed by atoms with Crippen LogP contribution in [-0.2, 0) is 28.6 Å². The molecule has 0 saturated carbocycles. The Morgan fingerprint density at radius 1 is 0.266 bits per heavy atom. The lowest BCUT2D eigenvalue weighted by atomic mass is 10.0. The second-order valence-electron chi connectivity index (χ2n) is 23.4. The van der Waals surface area contributed by atoms with Gasteiger partial charge in [0.15, 0.2) is 6.10 Å². The zero-order valence-electron chi connectivity index (χ0n) is 52.9. The van der Waals surface area contributed by atoms with Gasteiger partial charge in [0.25, 0.3) is 0 Å². The normalized spacial score (nSPS) is 12.4. The first-order chi connectivity index (χ1) is 39.0. The Balaban J connectivity index is 4.09. The molecular weight excluding hydrogens is 973 g/mol. The smallest absolute Gasteiger partial charge is 0.306 e. The van der Waals surface area contributed by atoms with E-state index in [0.717, 1.165) is 89.9 Å². The Bertz CT molecular complexity index is 1410. The van der Waals surface area contributed by atoms with Gasteiger partial charge in [0.2, 0.25) is 0 Å². The van der Waals surface area contributed by atoms with E-state index in [-0.39, 0.29) is 31.1 Å². The fourth-order valence-electron chi connectivity index (χ4n) is 10.3. The first kappa shape index (κ1) is 76.1. The van der Waals surface area contributed by atoms with E-state index in [0.29, 0.717) is 19.3 Å². The van der Waals surface area contributed by atoms with Crippen LogP contribution in [0.1, 0.15) is 367 Å². The minimum absolute atomic E-state index is 0.0732. The van der Waals surface area contributed by atoms with Gasteiger partial charge in [-0.05, 0) is 83.5 Å². The topological polar surface area (TPSA) is 78.9 Å². The highest BCUT2D eigenvalue weighted by Gasteiger charge is 2.19. The highest BCUT2D eigenvalue weighted by Crippen LogP contribution is 2.18. The van der Waals surface area contributed by atoms with Crippen LogP contribution in [0.2, 0.25) is 0 Å². The molecule has 0 radical (unpaired) electrons. The van der Waals surface area contributed by atoms with Gasteiger partial charge in [-0.2, -0.15) is 0 Å². The standard InChI is InChI=1S/C73H132O6/c1-4-7-10-13-16-19-21-23-25-27-29-31-32-33-34-35-36-37-38-39-40-42-43-45-47-49-51-54-57-60-63-66-72(75)78-69-70(68-77-71(74)65-62-59-56-53-18-15-12-9-6-3)79-73(76)67-64-61-58-55-52-50-48-46-44-41-30-28-26-24-22-20-17-14-11-8-5-2/h8,11,17,20,24,26-27,29-30,41,70H,4-7,9-10,12-16,18-19,21-23,25,28,31-40,42-69H2,1-3H3/b11-8-,20-17-,26-24-,29-27-,41-30-. The Morgan fingerprint density at radius 3 is 0.785 bits per heavy atom. The van der Waals surface area contributed by atoms with Crippen LogP contribution in [0.25, 0.3) is 0 Å². The van der Waals surface area contributed by atoms with E-state index in [2.05, 4.69) is 81.5 Å². The van der Waals surface area contributed by atoms with Crippen LogP contribution >= 0.6 is 0 Å². The largest absolute Gasteiger partial charge is 0.462 e. The molecular formula is C73H132O6. The third-order valence-corrected chi connectivity index (χ3v) is 15.5. The molecule has 79 heavy (non-hydrogen) atoms. The summed E-state index contributed by atoms with van der Waals surface area (Å²) in [6.45, 7) is 6.55. The number of esters is 3. The van der Waals surface area contributed by atoms with E-state index in [1.54, 1.807) is 0 Å². The van der Waals surface area contributed by atoms with Crippen LogP contribution < -0.4 is 0 Å². The van der Waals surface area contributed by atoms with Crippen molar-refractivity contribution in [3.63, 3.8) is 0 Å². The van der Waals surface area contributed by atoms with Gasteiger partial charge in [-0.25, -0.2) is 0 Å². The lowest BCUT2D eigenvalue weighted by Gasteiger charge is -2.18. The molecule has 6 heteroatoms. The number of hydrogen-bond donors (Lipinski definition) is 0. The molecule has 1 unspecified atom stereocenters. The summed E-state index contributed by atoms with van der Waals surface area (Å²) >= 11 is 0. The molecule has 0 aromatic heterocycles. The molecule has 0 heterocycles. The van der Waals surface area contributed by atoms with Gasteiger partial charge in [-0.1, -0.05) is 326 Å². The average Bonchev–Trinajstić information content (AvgIpc) is 3.45. The van der Waals surface area contributed by atoms with Gasteiger partial charge in [-0.15, -0.1) is 0 Å². The summed E-state index contributed by atoms with van der Waals surface area (Å²) in [7, 11) is 0. The highest BCUT2D eigenvalue weighted by molar-refractivity contribution is 5.71. The summed E-state index contributed by atoms with van der Waals surface area (Å²) in [5.74, 6) is -0.864. The zero-order valence-corrected chi connectivity index (χ0v) is 52.9. The molecule has 0 bridgehead atoms. The zero-order chi connectivity index (χ0) is 57.1. The Labute approximate surface area is 491 Å². The molecule has 0 fully saturated rings. The molecule has 0 rings (SSSR count). The SMILES string of the molecule is CC/C=C\C/C=C\C/C=C\C/C=C\CCCCCCCCCCC(=O)OC(COC(=O)CCCCCCCCCCC)COC(=O)CCCCCCCCCCCCCCCCCCCCC/C=C\CCCCCCCCCC. The second kappa shape index (κ2) is 67.6.